The van der Waals surface area contributed by atoms with E-state index in [0.29, 0.717) is 35.2 Å². The summed E-state index contributed by atoms with van der Waals surface area (Å²) in [5.41, 5.74) is 8.96. The topological polar surface area (TPSA) is 89.2 Å². The van der Waals surface area contributed by atoms with Gasteiger partial charge in [-0.05, 0) is 23.3 Å². The lowest BCUT2D eigenvalue weighted by molar-refractivity contribution is 0.0777. The first-order valence-electron chi connectivity index (χ1n) is 10.3. The van der Waals surface area contributed by atoms with Crippen molar-refractivity contribution in [2.24, 2.45) is 11.3 Å². The first kappa shape index (κ1) is 19.2. The van der Waals surface area contributed by atoms with Crippen LogP contribution in [0.15, 0.2) is 66.8 Å². The highest BCUT2D eigenvalue weighted by Gasteiger charge is 2.43. The monoisotopic (exact) mass is 410 g/mol. The minimum atomic E-state index is -0.155. The molecule has 31 heavy (non-hydrogen) atoms. The molecule has 1 amide bonds. The van der Waals surface area contributed by atoms with Crippen molar-refractivity contribution in [2.45, 2.75) is 6.92 Å². The predicted octanol–water partition coefficient (Wildman–Crippen LogP) is 3.90. The lowest BCUT2D eigenvalue weighted by Gasteiger charge is -2.26. The second-order valence-electron chi connectivity index (χ2n) is 8.41. The van der Waals surface area contributed by atoms with Crippen molar-refractivity contribution in [1.82, 2.24) is 14.9 Å². The summed E-state index contributed by atoms with van der Waals surface area (Å²) < 4.78 is 0. The molecule has 0 spiro atoms. The van der Waals surface area contributed by atoms with Gasteiger partial charge in [0.05, 0.1) is 5.52 Å². The normalized spacial score (nSPS) is 22.0. The molecule has 1 fully saturated rings. The van der Waals surface area contributed by atoms with Crippen molar-refractivity contribution in [1.29, 1.82) is 0 Å². The second-order valence-corrected chi connectivity index (χ2v) is 8.41. The van der Waals surface area contributed by atoms with Crippen LogP contribution >= 0.6 is 0 Å². The van der Waals surface area contributed by atoms with Gasteiger partial charge in [-0.25, -0.2) is 9.97 Å². The second kappa shape index (κ2) is 7.16. The van der Waals surface area contributed by atoms with E-state index in [0.717, 1.165) is 17.4 Å². The van der Waals surface area contributed by atoms with Gasteiger partial charge in [0.2, 0.25) is 5.95 Å². The molecule has 0 bridgehead atoms. The van der Waals surface area contributed by atoms with Gasteiger partial charge >= 0.3 is 0 Å². The number of aldehydes is 1. The third kappa shape index (κ3) is 3.20. The largest absolute Gasteiger partial charge is 0.368 e. The smallest absolute Gasteiger partial charge is 0.273 e. The van der Waals surface area contributed by atoms with Gasteiger partial charge in [-0.2, -0.15) is 0 Å². The number of amides is 1. The number of nitrogens with zero attached hydrogens (tertiary/aromatic N) is 3. The highest BCUT2D eigenvalue weighted by Crippen LogP contribution is 2.40. The fourth-order valence-electron chi connectivity index (χ4n) is 4.61. The van der Waals surface area contributed by atoms with E-state index in [1.54, 1.807) is 6.07 Å². The van der Waals surface area contributed by atoms with Crippen molar-refractivity contribution in [3.63, 3.8) is 0 Å². The summed E-state index contributed by atoms with van der Waals surface area (Å²) in [6.45, 7) is 3.43. The van der Waals surface area contributed by atoms with Crippen LogP contribution < -0.4 is 5.73 Å². The van der Waals surface area contributed by atoms with E-state index < -0.39 is 0 Å². The van der Waals surface area contributed by atoms with Crippen molar-refractivity contribution < 1.29 is 9.59 Å². The quantitative estimate of drug-likeness (QED) is 0.662. The highest BCUT2D eigenvalue weighted by molar-refractivity contribution is 6.06. The summed E-state index contributed by atoms with van der Waals surface area (Å²) >= 11 is 0. The fourth-order valence-corrected chi connectivity index (χ4v) is 4.61. The summed E-state index contributed by atoms with van der Waals surface area (Å²) in [5.74, 6) is 0.193. The Morgan fingerprint density at radius 3 is 2.84 bits per heavy atom. The molecule has 2 heterocycles. The van der Waals surface area contributed by atoms with E-state index >= 15 is 0 Å². The third-order valence-corrected chi connectivity index (χ3v) is 6.33. The molecule has 2 unspecified atom stereocenters. The van der Waals surface area contributed by atoms with Crippen molar-refractivity contribution >= 4 is 29.0 Å². The number of anilines is 1. The summed E-state index contributed by atoms with van der Waals surface area (Å²) in [5, 5.41) is 0.628. The Labute approximate surface area is 180 Å². The van der Waals surface area contributed by atoms with E-state index in [1.165, 1.54) is 0 Å². The molecule has 5 rings (SSSR count). The summed E-state index contributed by atoms with van der Waals surface area (Å²) in [7, 11) is 0. The van der Waals surface area contributed by atoms with Gasteiger partial charge in [-0.3, -0.25) is 9.59 Å². The molecule has 0 radical (unpaired) electrons. The standard InChI is InChI=1S/C25H22N4O2/c1-25-11-5-4-7-18(25)13-29(15-25)23(31)22-20-12-16(9-10-21(20)27-24(26)28-22)19-8-3-2-6-17(19)14-30/h2-12,14,18H,13,15H2,1H3,(H2,26,27,28). The molecule has 0 saturated carbocycles. The Morgan fingerprint density at radius 2 is 2.03 bits per heavy atom. The molecule has 1 saturated heterocycles. The predicted molar refractivity (Wildman–Crippen MR) is 121 cm³/mol. The van der Waals surface area contributed by atoms with Gasteiger partial charge < -0.3 is 10.6 Å². The zero-order chi connectivity index (χ0) is 21.6. The zero-order valence-corrected chi connectivity index (χ0v) is 17.2. The Balaban J connectivity index is 1.60. The van der Waals surface area contributed by atoms with E-state index in [4.69, 9.17) is 5.73 Å². The number of nitrogen functional groups attached to an aromatic ring is 1. The van der Waals surface area contributed by atoms with Crippen LogP contribution in [0, 0.1) is 11.3 Å². The lowest BCUT2D eigenvalue weighted by atomic mass is 9.77. The number of nitrogens with two attached hydrogens (primary N) is 1. The van der Waals surface area contributed by atoms with Gasteiger partial charge in [-0.1, -0.05) is 61.6 Å². The number of carbonyl (C=O) groups excluding carboxylic acids is 2. The van der Waals surface area contributed by atoms with Crippen LogP contribution in [0.1, 0.15) is 27.8 Å². The average Bonchev–Trinajstić information content (AvgIpc) is 3.15. The van der Waals surface area contributed by atoms with Gasteiger partial charge in [0.1, 0.15) is 5.69 Å². The maximum absolute atomic E-state index is 13.5. The Kier molecular flexibility index (Phi) is 4.43. The first-order chi connectivity index (χ1) is 15.0. The molecule has 1 aliphatic heterocycles. The van der Waals surface area contributed by atoms with Crippen LogP contribution in [-0.2, 0) is 0 Å². The van der Waals surface area contributed by atoms with E-state index in [9.17, 15) is 9.59 Å². The van der Waals surface area contributed by atoms with Crippen LogP contribution in [0.3, 0.4) is 0 Å². The van der Waals surface area contributed by atoms with Crippen molar-refractivity contribution in [2.75, 3.05) is 18.8 Å². The maximum atomic E-state index is 13.5. The fraction of sp³-hybridized carbons (Fsp3) is 0.200. The van der Waals surface area contributed by atoms with Gasteiger partial charge in [0.25, 0.3) is 5.91 Å². The summed E-state index contributed by atoms with van der Waals surface area (Å²) in [6, 6.07) is 12.9. The van der Waals surface area contributed by atoms with E-state index in [2.05, 4.69) is 29.0 Å². The summed E-state index contributed by atoms with van der Waals surface area (Å²) in [4.78, 5) is 35.5. The number of allylic oxidation sites excluding steroid dienone is 2. The molecule has 6 heteroatoms. The molecule has 2 N–H and O–H groups in total. The number of hydrogen-bond acceptors (Lipinski definition) is 5. The molecule has 2 atom stereocenters. The Hall–Kier alpha value is -3.80. The highest BCUT2D eigenvalue weighted by atomic mass is 16.2. The molecule has 3 aromatic rings. The van der Waals surface area contributed by atoms with Gasteiger partial charge in [0, 0.05) is 35.4 Å². The van der Waals surface area contributed by atoms with Gasteiger partial charge in [-0.15, -0.1) is 0 Å². The van der Waals surface area contributed by atoms with Crippen molar-refractivity contribution in [3.8, 4) is 11.1 Å². The Bertz CT molecular complexity index is 1280. The molecule has 2 aliphatic rings. The number of carbonyl (C=O) groups is 2. The number of likely N-dealkylation sites (tertiary alicyclic amines) is 1. The summed E-state index contributed by atoms with van der Waals surface area (Å²) in [6.07, 6.45) is 9.24. The number of rotatable bonds is 3. The molecule has 1 aromatic heterocycles. The molecule has 6 nitrogen and oxygen atoms in total. The van der Waals surface area contributed by atoms with Crippen LogP contribution in [0.5, 0.6) is 0 Å². The number of benzene rings is 2. The van der Waals surface area contributed by atoms with Crippen LogP contribution in [-0.4, -0.2) is 40.2 Å². The van der Waals surface area contributed by atoms with Crippen molar-refractivity contribution in [3.05, 3.63) is 78.0 Å². The van der Waals surface area contributed by atoms with Gasteiger partial charge in [0.15, 0.2) is 6.29 Å². The molecular formula is C25H22N4O2. The van der Waals surface area contributed by atoms with Crippen LogP contribution in [0.2, 0.25) is 0 Å². The molecular weight excluding hydrogens is 388 g/mol. The average molecular weight is 410 g/mol. The molecule has 2 aromatic carbocycles. The minimum absolute atomic E-state index is 0.0690. The van der Waals surface area contributed by atoms with E-state index in [-0.39, 0.29) is 23.2 Å². The maximum Gasteiger partial charge on any atom is 0.273 e. The molecule has 1 aliphatic carbocycles. The zero-order valence-electron chi connectivity index (χ0n) is 17.2. The van der Waals surface area contributed by atoms with Crippen LogP contribution in [0.4, 0.5) is 5.95 Å². The van der Waals surface area contributed by atoms with E-state index in [1.807, 2.05) is 53.5 Å². The third-order valence-electron chi connectivity index (χ3n) is 6.33. The number of hydrogen-bond donors (Lipinski definition) is 1. The lowest BCUT2D eigenvalue weighted by Crippen LogP contribution is -2.31. The number of aromatic nitrogens is 2. The minimum Gasteiger partial charge on any atom is -0.368 e. The molecule has 154 valence electrons. The SMILES string of the molecule is CC12C=CC=CC1CN(C(=O)c1nc(N)nc3ccc(-c4ccccc4C=O)cc13)C2. The first-order valence-corrected chi connectivity index (χ1v) is 10.3. The van der Waals surface area contributed by atoms with Crippen LogP contribution in [0.25, 0.3) is 22.0 Å². The Morgan fingerprint density at radius 1 is 1.19 bits per heavy atom. The number of fused-ring (bicyclic) bond motifs is 2.